The summed E-state index contributed by atoms with van der Waals surface area (Å²) in [5.74, 6) is 1.07. The molecule has 1 unspecified atom stereocenters. The number of hydrogen-bond donors (Lipinski definition) is 1. The summed E-state index contributed by atoms with van der Waals surface area (Å²) in [7, 11) is 2.04. The summed E-state index contributed by atoms with van der Waals surface area (Å²) in [4.78, 5) is 11.7. The number of anilines is 1. The van der Waals surface area contributed by atoms with Gasteiger partial charge in [0, 0.05) is 31.9 Å². The second kappa shape index (κ2) is 5.30. The Labute approximate surface area is 125 Å². The zero-order chi connectivity index (χ0) is 14.2. The molecule has 1 atom stereocenters. The highest BCUT2D eigenvalue weighted by Gasteiger charge is 2.33. The van der Waals surface area contributed by atoms with Crippen molar-refractivity contribution in [1.29, 1.82) is 0 Å². The molecule has 5 nitrogen and oxygen atoms in total. The van der Waals surface area contributed by atoms with Gasteiger partial charge in [-0.1, -0.05) is 6.42 Å². The third kappa shape index (κ3) is 2.50. The molecule has 5 heteroatoms. The maximum Gasteiger partial charge on any atom is 0.157 e. The third-order valence-corrected chi connectivity index (χ3v) is 4.71. The van der Waals surface area contributed by atoms with Crippen molar-refractivity contribution in [2.24, 2.45) is 7.05 Å². The zero-order valence-corrected chi connectivity index (χ0v) is 12.6. The predicted molar refractivity (Wildman–Crippen MR) is 84.5 cm³/mol. The molecule has 2 aromatic heterocycles. The van der Waals surface area contributed by atoms with Crippen LogP contribution in [0.3, 0.4) is 0 Å². The Kier molecular flexibility index (Phi) is 3.30. The maximum atomic E-state index is 4.67. The Hall–Kier alpha value is -1.62. The molecule has 21 heavy (non-hydrogen) atoms. The van der Waals surface area contributed by atoms with E-state index in [2.05, 4.69) is 30.8 Å². The lowest BCUT2D eigenvalue weighted by Gasteiger charge is -2.31. The fourth-order valence-corrected chi connectivity index (χ4v) is 3.37. The molecule has 0 amide bonds. The van der Waals surface area contributed by atoms with E-state index in [4.69, 9.17) is 0 Å². The number of hydrogen-bond acceptors (Lipinski definition) is 4. The number of imidazole rings is 1. The quantitative estimate of drug-likeness (QED) is 0.934. The van der Waals surface area contributed by atoms with Crippen molar-refractivity contribution in [3.05, 3.63) is 18.6 Å². The largest absolute Gasteiger partial charge is 0.350 e. The molecule has 0 spiro atoms. The van der Waals surface area contributed by atoms with Gasteiger partial charge in [-0.2, -0.15) is 0 Å². The van der Waals surface area contributed by atoms with Gasteiger partial charge in [0.1, 0.15) is 5.52 Å². The number of pyridine rings is 1. The average molecular weight is 285 g/mol. The molecule has 1 saturated heterocycles. The molecule has 2 aromatic rings. The summed E-state index contributed by atoms with van der Waals surface area (Å²) in [5.41, 5.74) is 2.21. The van der Waals surface area contributed by atoms with Gasteiger partial charge in [-0.15, -0.1) is 0 Å². The summed E-state index contributed by atoms with van der Waals surface area (Å²) in [6.45, 7) is 2.22. The van der Waals surface area contributed by atoms with Gasteiger partial charge in [0.15, 0.2) is 5.82 Å². The number of rotatable bonds is 4. The fourth-order valence-electron chi connectivity index (χ4n) is 3.37. The van der Waals surface area contributed by atoms with Gasteiger partial charge in [-0.25, -0.2) is 9.97 Å². The van der Waals surface area contributed by atoms with Gasteiger partial charge in [0.2, 0.25) is 0 Å². The second-order valence-electron chi connectivity index (χ2n) is 6.39. The molecule has 3 heterocycles. The minimum Gasteiger partial charge on any atom is -0.350 e. The van der Waals surface area contributed by atoms with Crippen molar-refractivity contribution in [2.45, 2.75) is 44.2 Å². The van der Waals surface area contributed by atoms with Crippen molar-refractivity contribution < 1.29 is 0 Å². The van der Waals surface area contributed by atoms with Crippen LogP contribution in [0.2, 0.25) is 0 Å². The van der Waals surface area contributed by atoms with Crippen molar-refractivity contribution in [2.75, 3.05) is 18.0 Å². The summed E-state index contributed by atoms with van der Waals surface area (Å²) < 4.78 is 2.07. The maximum absolute atomic E-state index is 4.67. The van der Waals surface area contributed by atoms with E-state index in [0.717, 1.165) is 24.4 Å². The van der Waals surface area contributed by atoms with Crippen molar-refractivity contribution >= 4 is 16.9 Å². The highest BCUT2D eigenvalue weighted by molar-refractivity contribution is 5.86. The summed E-state index contributed by atoms with van der Waals surface area (Å²) in [5, 5.41) is 3.66. The van der Waals surface area contributed by atoms with E-state index >= 15 is 0 Å². The normalized spacial score (nSPS) is 22.6. The fraction of sp³-hybridized carbons (Fsp3) is 0.625. The Morgan fingerprint density at radius 3 is 2.95 bits per heavy atom. The minimum absolute atomic E-state index is 0.597. The first-order valence-corrected chi connectivity index (χ1v) is 8.09. The van der Waals surface area contributed by atoms with Crippen LogP contribution in [0.4, 0.5) is 5.82 Å². The molecule has 2 aliphatic rings. The first-order chi connectivity index (χ1) is 10.3. The van der Waals surface area contributed by atoms with E-state index in [1.54, 1.807) is 0 Å². The van der Waals surface area contributed by atoms with Crippen molar-refractivity contribution in [1.82, 2.24) is 19.9 Å². The molecule has 0 radical (unpaired) electrons. The summed E-state index contributed by atoms with van der Waals surface area (Å²) in [6, 6.07) is 3.31. The molecule has 4 rings (SSSR count). The molecule has 1 aliphatic heterocycles. The van der Waals surface area contributed by atoms with E-state index in [-0.39, 0.29) is 0 Å². The van der Waals surface area contributed by atoms with Gasteiger partial charge >= 0.3 is 0 Å². The minimum atomic E-state index is 0.597. The molecular weight excluding hydrogens is 262 g/mol. The van der Waals surface area contributed by atoms with Crippen LogP contribution in [0.1, 0.15) is 32.1 Å². The lowest BCUT2D eigenvalue weighted by Crippen LogP contribution is -2.45. The van der Waals surface area contributed by atoms with Crippen LogP contribution in [0.15, 0.2) is 18.6 Å². The molecule has 1 aliphatic carbocycles. The van der Waals surface area contributed by atoms with Gasteiger partial charge in [0.05, 0.1) is 11.8 Å². The average Bonchev–Trinajstić information content (AvgIpc) is 3.30. The Morgan fingerprint density at radius 2 is 2.19 bits per heavy atom. The van der Waals surface area contributed by atoms with Crippen LogP contribution in [-0.2, 0) is 7.05 Å². The molecule has 0 aromatic carbocycles. The highest BCUT2D eigenvalue weighted by Crippen LogP contribution is 2.34. The first kappa shape index (κ1) is 13.1. The van der Waals surface area contributed by atoms with E-state index in [1.807, 2.05) is 19.6 Å². The highest BCUT2D eigenvalue weighted by atomic mass is 15.3. The van der Waals surface area contributed by atoms with E-state index < -0.39 is 0 Å². The topological polar surface area (TPSA) is 46.0 Å². The standard InChI is InChI=1S/C16H23N5/c1-20-11-19-15-14(20)7-9-18-16(15)21(13-5-6-13)10-12-4-2-3-8-17-12/h7,9,11-13,17H,2-6,8,10H2,1H3. The number of piperidine rings is 1. The van der Waals surface area contributed by atoms with E-state index in [1.165, 1.54) is 37.6 Å². The van der Waals surface area contributed by atoms with E-state index in [0.29, 0.717) is 12.1 Å². The lowest BCUT2D eigenvalue weighted by atomic mass is 10.0. The molecule has 112 valence electrons. The van der Waals surface area contributed by atoms with Crippen LogP contribution < -0.4 is 10.2 Å². The Bertz CT molecular complexity index is 625. The Balaban J connectivity index is 1.65. The molecule has 1 N–H and O–H groups in total. The molecule has 0 bridgehead atoms. The summed E-state index contributed by atoms with van der Waals surface area (Å²) in [6.07, 6.45) is 10.3. The number of nitrogens with one attached hydrogen (secondary N) is 1. The van der Waals surface area contributed by atoms with E-state index in [9.17, 15) is 0 Å². The molecule has 2 fully saturated rings. The predicted octanol–water partition coefficient (Wildman–Crippen LogP) is 2.08. The first-order valence-electron chi connectivity index (χ1n) is 8.09. The van der Waals surface area contributed by atoms with Crippen molar-refractivity contribution in [3.8, 4) is 0 Å². The molecular formula is C16H23N5. The van der Waals surface area contributed by atoms with Crippen LogP contribution in [0.25, 0.3) is 11.0 Å². The number of aromatic nitrogens is 3. The Morgan fingerprint density at radius 1 is 1.29 bits per heavy atom. The second-order valence-corrected chi connectivity index (χ2v) is 6.39. The number of fused-ring (bicyclic) bond motifs is 1. The monoisotopic (exact) mass is 285 g/mol. The van der Waals surface area contributed by atoms with Crippen LogP contribution in [-0.4, -0.2) is 39.7 Å². The summed E-state index contributed by atoms with van der Waals surface area (Å²) >= 11 is 0. The van der Waals surface area contributed by atoms with Gasteiger partial charge in [-0.05, 0) is 38.3 Å². The number of nitrogens with zero attached hydrogens (tertiary/aromatic N) is 4. The van der Waals surface area contributed by atoms with Crippen molar-refractivity contribution in [3.63, 3.8) is 0 Å². The zero-order valence-electron chi connectivity index (χ0n) is 12.6. The van der Waals surface area contributed by atoms with Gasteiger partial charge < -0.3 is 14.8 Å². The van der Waals surface area contributed by atoms with Crippen LogP contribution >= 0.6 is 0 Å². The smallest absolute Gasteiger partial charge is 0.157 e. The van der Waals surface area contributed by atoms with Gasteiger partial charge in [-0.3, -0.25) is 0 Å². The SMILES string of the molecule is Cn1cnc2c(N(CC3CCCCN3)C3CC3)nccc21. The number of aryl methyl sites for hydroxylation is 1. The lowest BCUT2D eigenvalue weighted by molar-refractivity contribution is 0.398. The third-order valence-electron chi connectivity index (χ3n) is 4.71. The van der Waals surface area contributed by atoms with Crippen LogP contribution in [0, 0.1) is 0 Å². The van der Waals surface area contributed by atoms with Crippen LogP contribution in [0.5, 0.6) is 0 Å². The molecule has 1 saturated carbocycles. The van der Waals surface area contributed by atoms with Gasteiger partial charge in [0.25, 0.3) is 0 Å².